The van der Waals surface area contributed by atoms with Gasteiger partial charge < -0.3 is 9.52 Å². The van der Waals surface area contributed by atoms with Crippen LogP contribution in [0.5, 0.6) is 0 Å². The number of aliphatic hydroxyl groups is 1. The molecule has 0 bridgehead atoms. The molecule has 7 heteroatoms. The molecule has 255 valence electrons. The number of thiophene rings is 1. The Morgan fingerprint density at radius 1 is 0.896 bits per heavy atom. The molecule has 6 aromatic rings. The zero-order chi connectivity index (χ0) is 34.1. The number of allylic oxidation sites excluding steroid dienone is 2. The number of aromatic nitrogens is 2. The molecule has 3 aromatic carbocycles. The summed E-state index contributed by atoms with van der Waals surface area (Å²) in [5.41, 5.74) is 3.49. The third-order valence-corrected chi connectivity index (χ3v) is 11.4. The van der Waals surface area contributed by atoms with E-state index in [-0.39, 0.29) is 47.9 Å². The Morgan fingerprint density at radius 3 is 2.21 bits per heavy atom. The number of fused-ring (bicyclic) bond motifs is 6. The average Bonchev–Trinajstić information content (AvgIpc) is 3.71. The van der Waals surface area contributed by atoms with Gasteiger partial charge in [0.15, 0.2) is 5.78 Å². The van der Waals surface area contributed by atoms with E-state index in [1.165, 1.54) is 17.0 Å². The van der Waals surface area contributed by atoms with Gasteiger partial charge in [0.25, 0.3) is 0 Å². The number of ketones is 1. The number of benzene rings is 3. The van der Waals surface area contributed by atoms with Crippen LogP contribution < -0.4 is 0 Å². The number of carbonyl (C=O) groups is 1. The molecule has 1 N–H and O–H groups in total. The molecule has 1 radical (unpaired) electrons. The fraction of sp³-hybridized carbons (Fsp3) is 0.390. The third kappa shape index (κ3) is 7.01. The number of carbonyl (C=O) groups excluding carboxylic acids is 1. The number of hydrogen-bond acceptors (Lipinski definition) is 6. The van der Waals surface area contributed by atoms with Gasteiger partial charge in [-0.05, 0) is 49.3 Å². The van der Waals surface area contributed by atoms with Crippen LogP contribution in [0.3, 0.4) is 0 Å². The normalized spacial score (nSPS) is 12.7. The molecular weight excluding hydrogens is 793 g/mol. The van der Waals surface area contributed by atoms with E-state index in [9.17, 15) is 9.90 Å². The summed E-state index contributed by atoms with van der Waals surface area (Å²) >= 11 is 1.68. The van der Waals surface area contributed by atoms with Crippen molar-refractivity contribution in [1.82, 2.24) is 9.97 Å². The monoisotopic (exact) mass is 840 g/mol. The van der Waals surface area contributed by atoms with Gasteiger partial charge in [0.2, 0.25) is 0 Å². The van der Waals surface area contributed by atoms with Crippen LogP contribution in [0.1, 0.15) is 93.6 Å². The van der Waals surface area contributed by atoms with Crippen LogP contribution in [-0.4, -0.2) is 20.9 Å². The van der Waals surface area contributed by atoms with Crippen LogP contribution >= 0.6 is 11.3 Å². The standard InChI is InChI=1S/C26H19N2OS.C15H28O2.Ir/c1-26(2,3)19-13-17(12-16-6-4-5-7-18(16)19)23-22-21-20(30-25(22)28-14-27-23)9-8-15-10-11-29-24(15)21;1-7-14(5,8-2)12(16)11-13(17)15(6,9-3)10-4;/h4-11,13-14H,1-3H3;11,16H,7-10H2,1-6H3;/q-1;;/b;12-11-;. The molecule has 5 nitrogen and oxygen atoms in total. The van der Waals surface area contributed by atoms with E-state index >= 15 is 0 Å². The Kier molecular flexibility index (Phi) is 11.4. The summed E-state index contributed by atoms with van der Waals surface area (Å²) in [5.74, 6) is 0.286. The second-order valence-electron chi connectivity index (χ2n) is 14.1. The van der Waals surface area contributed by atoms with Gasteiger partial charge in [0.1, 0.15) is 22.5 Å². The first-order valence-corrected chi connectivity index (χ1v) is 17.6. The van der Waals surface area contributed by atoms with Crippen molar-refractivity contribution >= 4 is 59.2 Å². The van der Waals surface area contributed by atoms with Crippen LogP contribution in [0.4, 0.5) is 0 Å². The van der Waals surface area contributed by atoms with Crippen molar-refractivity contribution < 1.29 is 34.4 Å². The van der Waals surface area contributed by atoms with Crippen LogP contribution in [0, 0.1) is 16.9 Å². The van der Waals surface area contributed by atoms with E-state index < -0.39 is 0 Å². The van der Waals surface area contributed by atoms with E-state index in [0.29, 0.717) is 0 Å². The largest absolute Gasteiger partial charge is 0.512 e. The quantitative estimate of drug-likeness (QED) is 0.0938. The minimum absolute atomic E-state index is 0. The van der Waals surface area contributed by atoms with Crippen LogP contribution in [0.15, 0.2) is 77.4 Å². The number of furan rings is 1. The predicted octanol–water partition coefficient (Wildman–Crippen LogP) is 12.2. The van der Waals surface area contributed by atoms with Gasteiger partial charge in [-0.25, -0.2) is 4.98 Å². The summed E-state index contributed by atoms with van der Waals surface area (Å²) in [4.78, 5) is 22.5. The number of hydrogen-bond donors (Lipinski definition) is 1. The van der Waals surface area contributed by atoms with Gasteiger partial charge in [-0.15, -0.1) is 40.5 Å². The van der Waals surface area contributed by atoms with E-state index in [1.54, 1.807) is 23.9 Å². The summed E-state index contributed by atoms with van der Waals surface area (Å²) in [5, 5.41) is 15.7. The molecular formula is C41H47IrN2O3S-. The van der Waals surface area contributed by atoms with Crippen molar-refractivity contribution in [3.05, 3.63) is 84.6 Å². The zero-order valence-corrected chi connectivity index (χ0v) is 32.8. The molecule has 0 saturated heterocycles. The van der Waals surface area contributed by atoms with E-state index in [4.69, 9.17) is 9.40 Å². The van der Waals surface area contributed by atoms with Gasteiger partial charge in [-0.2, -0.15) is 0 Å². The Morgan fingerprint density at radius 2 is 1.56 bits per heavy atom. The number of rotatable bonds is 8. The molecule has 0 unspecified atom stereocenters. The van der Waals surface area contributed by atoms with Crippen molar-refractivity contribution in [2.45, 2.75) is 93.4 Å². The molecule has 0 aliphatic heterocycles. The Hall–Kier alpha value is -3.38. The average molecular weight is 840 g/mol. The van der Waals surface area contributed by atoms with Crippen LogP contribution in [0.2, 0.25) is 0 Å². The minimum atomic E-state index is -0.337. The Labute approximate surface area is 302 Å². The van der Waals surface area contributed by atoms with Crippen molar-refractivity contribution in [3.63, 3.8) is 0 Å². The SMILES string of the molecule is CC(C)(C)c1cc(-c2ncnc3sc4ccc5ccoc5c4c23)[c-]c2ccccc12.CCC(C)(CC)C(=O)/C=C(\O)C(C)(CC)CC.[Ir]. The van der Waals surface area contributed by atoms with Crippen molar-refractivity contribution in [3.8, 4) is 11.3 Å². The van der Waals surface area contributed by atoms with Crippen LogP contribution in [-0.2, 0) is 30.3 Å². The van der Waals surface area contributed by atoms with Crippen LogP contribution in [0.25, 0.3) is 53.3 Å². The van der Waals surface area contributed by atoms with Gasteiger partial charge in [0.05, 0.1) is 6.26 Å². The summed E-state index contributed by atoms with van der Waals surface area (Å²) in [6.45, 7) is 18.8. The number of nitrogens with zero attached hydrogens (tertiary/aromatic N) is 2. The van der Waals surface area contributed by atoms with Crippen molar-refractivity contribution in [2.24, 2.45) is 10.8 Å². The Bertz CT molecular complexity index is 2090. The summed E-state index contributed by atoms with van der Waals surface area (Å²) in [6.07, 6.45) is 8.16. The molecule has 6 rings (SSSR count). The van der Waals surface area contributed by atoms with Gasteiger partial charge in [-0.1, -0.05) is 91.5 Å². The molecule has 0 aliphatic carbocycles. The fourth-order valence-corrected chi connectivity index (χ4v) is 7.02. The molecule has 0 spiro atoms. The molecule has 0 aliphatic rings. The van der Waals surface area contributed by atoms with Gasteiger partial charge in [-0.3, -0.25) is 9.78 Å². The maximum Gasteiger partial charge on any atom is 0.164 e. The second kappa shape index (κ2) is 14.6. The summed E-state index contributed by atoms with van der Waals surface area (Å²) in [6, 6.07) is 20.6. The number of aliphatic hydroxyl groups excluding tert-OH is 1. The Balaban J connectivity index is 0.000000251. The third-order valence-electron chi connectivity index (χ3n) is 10.3. The molecule has 48 heavy (non-hydrogen) atoms. The maximum atomic E-state index is 12.2. The van der Waals surface area contributed by atoms with Gasteiger partial charge >= 0.3 is 0 Å². The molecule has 3 aromatic heterocycles. The molecule has 3 heterocycles. The van der Waals surface area contributed by atoms with E-state index in [1.807, 2.05) is 47.6 Å². The topological polar surface area (TPSA) is 76.2 Å². The van der Waals surface area contributed by atoms with E-state index in [0.717, 1.165) is 73.6 Å². The zero-order valence-electron chi connectivity index (χ0n) is 29.6. The first kappa shape index (κ1) is 37.4. The fourth-order valence-electron chi connectivity index (χ4n) is 5.98. The van der Waals surface area contributed by atoms with Gasteiger partial charge in [0, 0.05) is 63.6 Å². The molecule has 0 atom stereocenters. The first-order valence-electron chi connectivity index (χ1n) is 16.7. The molecule has 0 amide bonds. The van der Waals surface area contributed by atoms with Crippen molar-refractivity contribution in [2.75, 3.05) is 0 Å². The van der Waals surface area contributed by atoms with E-state index in [2.05, 4.69) is 74.3 Å². The predicted molar refractivity (Wildman–Crippen MR) is 198 cm³/mol. The summed E-state index contributed by atoms with van der Waals surface area (Å²) < 4.78 is 7.04. The smallest absolute Gasteiger partial charge is 0.164 e. The molecule has 0 saturated carbocycles. The first-order chi connectivity index (χ1) is 22.3. The second-order valence-corrected chi connectivity index (χ2v) is 15.1. The molecule has 0 fully saturated rings. The van der Waals surface area contributed by atoms with Crippen molar-refractivity contribution in [1.29, 1.82) is 0 Å². The summed E-state index contributed by atoms with van der Waals surface area (Å²) in [7, 11) is 0. The minimum Gasteiger partial charge on any atom is -0.512 e. The maximum absolute atomic E-state index is 12.2.